The Morgan fingerprint density at radius 3 is 2.58 bits per heavy atom. The highest BCUT2D eigenvalue weighted by Gasteiger charge is 2.14. The molecule has 26 heavy (non-hydrogen) atoms. The van der Waals surface area contributed by atoms with Crippen molar-refractivity contribution in [3.05, 3.63) is 71.9 Å². The van der Waals surface area contributed by atoms with Gasteiger partial charge in [-0.25, -0.2) is 4.79 Å². The average molecular weight is 350 g/mol. The molecular formula is C21H22N2O3. The Labute approximate surface area is 152 Å². The van der Waals surface area contributed by atoms with Crippen LogP contribution < -0.4 is 5.32 Å². The van der Waals surface area contributed by atoms with Crippen molar-refractivity contribution >= 4 is 22.8 Å². The third kappa shape index (κ3) is 4.72. The topological polar surface area (TPSA) is 71.2 Å². The van der Waals surface area contributed by atoms with E-state index >= 15 is 0 Å². The second-order valence-corrected chi connectivity index (χ2v) is 6.34. The summed E-state index contributed by atoms with van der Waals surface area (Å²) < 4.78 is 5.10. The molecule has 0 bridgehead atoms. The number of H-pyrrole nitrogens is 1. The van der Waals surface area contributed by atoms with E-state index in [1.807, 2.05) is 49.4 Å². The number of esters is 1. The van der Waals surface area contributed by atoms with Gasteiger partial charge in [0.1, 0.15) is 5.69 Å². The van der Waals surface area contributed by atoms with E-state index in [1.54, 1.807) is 6.07 Å². The Morgan fingerprint density at radius 1 is 1.08 bits per heavy atom. The number of carbonyl (C=O) groups is 2. The van der Waals surface area contributed by atoms with Crippen LogP contribution in [0.3, 0.4) is 0 Å². The van der Waals surface area contributed by atoms with Crippen LogP contribution in [0.4, 0.5) is 0 Å². The van der Waals surface area contributed by atoms with Gasteiger partial charge in [-0.15, -0.1) is 0 Å². The van der Waals surface area contributed by atoms with Crippen LogP contribution >= 0.6 is 0 Å². The van der Waals surface area contributed by atoms with E-state index in [0.29, 0.717) is 5.69 Å². The number of aromatic nitrogens is 1. The van der Waals surface area contributed by atoms with E-state index in [2.05, 4.69) is 22.4 Å². The number of hydrogen-bond donors (Lipinski definition) is 2. The normalized spacial score (nSPS) is 11.9. The zero-order valence-electron chi connectivity index (χ0n) is 14.7. The van der Waals surface area contributed by atoms with E-state index in [-0.39, 0.29) is 18.6 Å². The summed E-state index contributed by atoms with van der Waals surface area (Å²) in [7, 11) is 0. The maximum absolute atomic E-state index is 12.1. The number of aromatic amines is 1. The first-order valence-electron chi connectivity index (χ1n) is 8.70. The van der Waals surface area contributed by atoms with Crippen LogP contribution in [0.5, 0.6) is 0 Å². The fourth-order valence-electron chi connectivity index (χ4n) is 2.81. The number of rotatable bonds is 7. The molecule has 5 heteroatoms. The maximum atomic E-state index is 12.1. The Kier molecular flexibility index (Phi) is 5.69. The van der Waals surface area contributed by atoms with Crippen LogP contribution in [0.1, 0.15) is 29.4 Å². The van der Waals surface area contributed by atoms with Crippen molar-refractivity contribution in [1.82, 2.24) is 10.3 Å². The molecule has 0 saturated carbocycles. The molecule has 0 unspecified atom stereocenters. The maximum Gasteiger partial charge on any atom is 0.355 e. The summed E-state index contributed by atoms with van der Waals surface area (Å²) in [5, 5.41) is 3.79. The van der Waals surface area contributed by atoms with E-state index in [0.717, 1.165) is 23.7 Å². The smallest absolute Gasteiger partial charge is 0.355 e. The standard InChI is InChI=1S/C21H22N2O3/c1-15(11-12-16-7-3-2-4-8-16)22-20(24)14-26-21(25)19-13-17-9-5-6-10-18(17)23-19/h2-10,13,15,23H,11-12,14H2,1H3,(H,22,24)/t15-/m0/s1. The molecule has 1 amide bonds. The molecule has 0 aliphatic heterocycles. The largest absolute Gasteiger partial charge is 0.451 e. The lowest BCUT2D eigenvalue weighted by atomic mass is 10.1. The number of ether oxygens (including phenoxy) is 1. The van der Waals surface area contributed by atoms with Gasteiger partial charge in [0.2, 0.25) is 0 Å². The second kappa shape index (κ2) is 8.34. The summed E-state index contributed by atoms with van der Waals surface area (Å²) in [6, 6.07) is 19.4. The van der Waals surface area contributed by atoms with Crippen LogP contribution in [0, 0.1) is 0 Å². The molecule has 0 radical (unpaired) electrons. The molecule has 1 heterocycles. The van der Waals surface area contributed by atoms with Crippen molar-refractivity contribution in [2.24, 2.45) is 0 Å². The molecule has 134 valence electrons. The van der Waals surface area contributed by atoms with Crippen molar-refractivity contribution in [3.8, 4) is 0 Å². The van der Waals surface area contributed by atoms with Crippen molar-refractivity contribution < 1.29 is 14.3 Å². The summed E-state index contributed by atoms with van der Waals surface area (Å²) in [5.41, 5.74) is 2.44. The van der Waals surface area contributed by atoms with Gasteiger partial charge in [0.05, 0.1) is 0 Å². The van der Waals surface area contributed by atoms with Gasteiger partial charge in [0, 0.05) is 16.9 Å². The first kappa shape index (κ1) is 17.7. The Hall–Kier alpha value is -3.08. The van der Waals surface area contributed by atoms with Crippen molar-refractivity contribution in [1.29, 1.82) is 0 Å². The van der Waals surface area contributed by atoms with Gasteiger partial charge in [0.15, 0.2) is 6.61 Å². The third-order valence-electron chi connectivity index (χ3n) is 4.20. The van der Waals surface area contributed by atoms with Gasteiger partial charge in [0.25, 0.3) is 5.91 Å². The van der Waals surface area contributed by atoms with Crippen LogP contribution in [0.25, 0.3) is 10.9 Å². The quantitative estimate of drug-likeness (QED) is 0.641. The molecule has 1 atom stereocenters. The van der Waals surface area contributed by atoms with E-state index in [9.17, 15) is 9.59 Å². The van der Waals surface area contributed by atoms with Crippen molar-refractivity contribution in [2.45, 2.75) is 25.8 Å². The molecule has 0 fully saturated rings. The average Bonchev–Trinajstić information content (AvgIpc) is 3.09. The highest BCUT2D eigenvalue weighted by molar-refractivity contribution is 5.95. The van der Waals surface area contributed by atoms with E-state index in [1.165, 1.54) is 5.56 Å². The zero-order chi connectivity index (χ0) is 18.4. The highest BCUT2D eigenvalue weighted by atomic mass is 16.5. The number of para-hydroxylation sites is 1. The van der Waals surface area contributed by atoms with E-state index in [4.69, 9.17) is 4.74 Å². The number of hydrogen-bond acceptors (Lipinski definition) is 3. The molecule has 0 saturated heterocycles. The van der Waals surface area contributed by atoms with Gasteiger partial charge in [-0.3, -0.25) is 4.79 Å². The highest BCUT2D eigenvalue weighted by Crippen LogP contribution is 2.15. The van der Waals surface area contributed by atoms with Crippen molar-refractivity contribution in [3.63, 3.8) is 0 Å². The molecule has 2 aromatic carbocycles. The molecule has 5 nitrogen and oxygen atoms in total. The molecular weight excluding hydrogens is 328 g/mol. The van der Waals surface area contributed by atoms with Gasteiger partial charge < -0.3 is 15.0 Å². The molecule has 0 aliphatic carbocycles. The SMILES string of the molecule is C[C@@H](CCc1ccccc1)NC(=O)COC(=O)c1cc2ccccc2[nH]1. The van der Waals surface area contributed by atoms with Gasteiger partial charge in [-0.05, 0) is 37.5 Å². The Bertz CT molecular complexity index is 853. The Morgan fingerprint density at radius 2 is 1.81 bits per heavy atom. The van der Waals surface area contributed by atoms with Gasteiger partial charge in [-0.1, -0.05) is 48.5 Å². The molecule has 3 aromatic rings. The summed E-state index contributed by atoms with van der Waals surface area (Å²) in [4.78, 5) is 27.0. The Balaban J connectivity index is 1.43. The number of amides is 1. The minimum atomic E-state index is -0.534. The summed E-state index contributed by atoms with van der Waals surface area (Å²) in [5.74, 6) is -0.830. The predicted octanol–water partition coefficient (Wildman–Crippen LogP) is 3.46. The number of carbonyl (C=O) groups excluding carboxylic acids is 2. The molecule has 0 aliphatic rings. The number of benzene rings is 2. The zero-order valence-corrected chi connectivity index (χ0v) is 14.7. The first-order chi connectivity index (χ1) is 12.6. The number of aryl methyl sites for hydroxylation is 1. The van der Waals surface area contributed by atoms with Crippen molar-refractivity contribution in [2.75, 3.05) is 6.61 Å². The molecule has 1 aromatic heterocycles. The number of fused-ring (bicyclic) bond motifs is 1. The molecule has 3 rings (SSSR count). The number of nitrogens with one attached hydrogen (secondary N) is 2. The lowest BCUT2D eigenvalue weighted by molar-refractivity contribution is -0.124. The first-order valence-corrected chi connectivity index (χ1v) is 8.70. The van der Waals surface area contributed by atoms with Crippen LogP contribution in [-0.4, -0.2) is 29.5 Å². The monoisotopic (exact) mass is 350 g/mol. The van der Waals surface area contributed by atoms with Crippen LogP contribution in [-0.2, 0) is 16.0 Å². The second-order valence-electron chi connectivity index (χ2n) is 6.34. The van der Waals surface area contributed by atoms with Crippen LogP contribution in [0.2, 0.25) is 0 Å². The fraction of sp³-hybridized carbons (Fsp3) is 0.238. The predicted molar refractivity (Wildman–Crippen MR) is 101 cm³/mol. The lowest BCUT2D eigenvalue weighted by Gasteiger charge is -2.13. The summed E-state index contributed by atoms with van der Waals surface area (Å²) in [6.07, 6.45) is 1.71. The minimum Gasteiger partial charge on any atom is -0.451 e. The summed E-state index contributed by atoms with van der Waals surface area (Å²) in [6.45, 7) is 1.66. The minimum absolute atomic E-state index is 0.00878. The lowest BCUT2D eigenvalue weighted by Crippen LogP contribution is -2.36. The van der Waals surface area contributed by atoms with E-state index < -0.39 is 5.97 Å². The van der Waals surface area contributed by atoms with Crippen LogP contribution in [0.15, 0.2) is 60.7 Å². The van der Waals surface area contributed by atoms with Gasteiger partial charge >= 0.3 is 5.97 Å². The fourth-order valence-corrected chi connectivity index (χ4v) is 2.81. The summed E-state index contributed by atoms with van der Waals surface area (Å²) >= 11 is 0. The molecule has 0 spiro atoms. The molecule has 2 N–H and O–H groups in total. The third-order valence-corrected chi connectivity index (χ3v) is 4.20. The van der Waals surface area contributed by atoms with Gasteiger partial charge in [-0.2, -0.15) is 0 Å².